The van der Waals surface area contributed by atoms with Gasteiger partial charge in [-0.15, -0.1) is 0 Å². The van der Waals surface area contributed by atoms with E-state index in [0.717, 1.165) is 24.5 Å². The second-order valence-electron chi connectivity index (χ2n) is 5.79. The summed E-state index contributed by atoms with van der Waals surface area (Å²) in [5.74, 6) is -0.479. The Bertz CT molecular complexity index is 777. The van der Waals surface area contributed by atoms with E-state index < -0.39 is 21.9 Å². The quantitative estimate of drug-likeness (QED) is 0.900. The predicted molar refractivity (Wildman–Crippen MR) is 87.2 cm³/mol. The third-order valence-electron chi connectivity index (χ3n) is 4.17. The van der Waals surface area contributed by atoms with Crippen molar-refractivity contribution in [2.75, 3.05) is 13.2 Å². The molecule has 0 aliphatic carbocycles. The van der Waals surface area contributed by atoms with E-state index >= 15 is 0 Å². The Kier molecular flexibility index (Phi) is 5.23. The van der Waals surface area contributed by atoms with Crippen molar-refractivity contribution in [3.05, 3.63) is 60.2 Å². The van der Waals surface area contributed by atoms with Crippen LogP contribution in [-0.2, 0) is 14.8 Å². The first-order valence-electron chi connectivity index (χ1n) is 7.82. The van der Waals surface area contributed by atoms with Crippen molar-refractivity contribution in [2.45, 2.75) is 23.8 Å². The molecule has 0 spiro atoms. The van der Waals surface area contributed by atoms with Crippen LogP contribution in [0.1, 0.15) is 24.4 Å². The summed E-state index contributed by atoms with van der Waals surface area (Å²) in [7, 11) is -3.84. The molecule has 0 amide bonds. The summed E-state index contributed by atoms with van der Waals surface area (Å²) < 4.78 is 46.9. The highest BCUT2D eigenvalue weighted by molar-refractivity contribution is 7.89. The van der Waals surface area contributed by atoms with Crippen LogP contribution in [0.25, 0.3) is 0 Å². The van der Waals surface area contributed by atoms with Crippen LogP contribution in [0.5, 0.6) is 0 Å². The van der Waals surface area contributed by atoms with Gasteiger partial charge in [-0.3, -0.25) is 4.98 Å². The molecule has 0 saturated carbocycles. The molecule has 2 aromatic rings. The maximum atomic E-state index is 13.4. The zero-order valence-corrected chi connectivity index (χ0v) is 13.9. The van der Waals surface area contributed by atoms with E-state index in [1.54, 1.807) is 18.5 Å². The second kappa shape index (κ2) is 7.38. The lowest BCUT2D eigenvalue weighted by atomic mass is 9.88. The monoisotopic (exact) mass is 350 g/mol. The molecule has 1 atom stereocenters. The smallest absolute Gasteiger partial charge is 0.241 e. The van der Waals surface area contributed by atoms with E-state index in [1.807, 2.05) is 6.07 Å². The summed E-state index contributed by atoms with van der Waals surface area (Å²) >= 11 is 0. The summed E-state index contributed by atoms with van der Waals surface area (Å²) in [5, 5.41) is 0. The van der Waals surface area contributed by atoms with Gasteiger partial charge < -0.3 is 4.74 Å². The van der Waals surface area contributed by atoms with Gasteiger partial charge in [0.25, 0.3) is 0 Å². The van der Waals surface area contributed by atoms with Crippen molar-refractivity contribution < 1.29 is 17.5 Å². The average molecular weight is 350 g/mol. The highest BCUT2D eigenvalue weighted by Crippen LogP contribution is 2.31. The summed E-state index contributed by atoms with van der Waals surface area (Å²) in [5.41, 5.74) is 0.796. The van der Waals surface area contributed by atoms with Crippen LogP contribution >= 0.6 is 0 Å². The van der Waals surface area contributed by atoms with Gasteiger partial charge in [0.2, 0.25) is 10.0 Å². The number of ether oxygens (including phenoxy) is 1. The molecule has 1 N–H and O–H groups in total. The van der Waals surface area contributed by atoms with Crippen LogP contribution in [0.15, 0.2) is 53.7 Å². The fraction of sp³-hybridized carbons (Fsp3) is 0.353. The molecule has 2 heterocycles. The van der Waals surface area contributed by atoms with Crippen LogP contribution in [0.3, 0.4) is 0 Å². The molecule has 3 rings (SSSR count). The fourth-order valence-corrected chi connectivity index (χ4v) is 4.24. The summed E-state index contributed by atoms with van der Waals surface area (Å²) in [6.07, 6.45) is 4.82. The van der Waals surface area contributed by atoms with E-state index in [9.17, 15) is 12.8 Å². The number of halogens is 1. The zero-order chi connectivity index (χ0) is 17.0. The second-order valence-corrected chi connectivity index (χ2v) is 7.51. The summed E-state index contributed by atoms with van der Waals surface area (Å²) in [6, 6.07) is 8.21. The molecule has 128 valence electrons. The highest BCUT2D eigenvalue weighted by atomic mass is 32.2. The Labute approximate surface area is 140 Å². The summed E-state index contributed by atoms with van der Waals surface area (Å²) in [6.45, 7) is 1.20. The lowest BCUT2D eigenvalue weighted by molar-refractivity contribution is 0.0564. The van der Waals surface area contributed by atoms with Crippen molar-refractivity contribution >= 4 is 10.0 Å². The van der Waals surface area contributed by atoms with E-state index in [-0.39, 0.29) is 10.8 Å². The van der Waals surface area contributed by atoms with Gasteiger partial charge in [-0.05, 0) is 48.6 Å². The minimum Gasteiger partial charge on any atom is -0.381 e. The van der Waals surface area contributed by atoms with E-state index in [4.69, 9.17) is 4.74 Å². The van der Waals surface area contributed by atoms with Crippen LogP contribution in [0.4, 0.5) is 4.39 Å². The Morgan fingerprint density at radius 3 is 2.67 bits per heavy atom. The molecular formula is C17H19FN2O3S. The van der Waals surface area contributed by atoms with Crippen LogP contribution in [0.2, 0.25) is 0 Å². The van der Waals surface area contributed by atoms with Crippen molar-refractivity contribution in [1.29, 1.82) is 0 Å². The molecule has 1 saturated heterocycles. The molecule has 1 aromatic carbocycles. The first-order valence-corrected chi connectivity index (χ1v) is 9.30. The number of sulfonamides is 1. The van der Waals surface area contributed by atoms with Crippen LogP contribution in [-0.4, -0.2) is 26.6 Å². The number of nitrogens with zero attached hydrogens (tertiary/aromatic N) is 1. The molecule has 1 aromatic heterocycles. The van der Waals surface area contributed by atoms with E-state index in [1.165, 1.54) is 18.2 Å². The molecule has 7 heteroatoms. The van der Waals surface area contributed by atoms with Gasteiger partial charge in [0.05, 0.1) is 10.9 Å². The van der Waals surface area contributed by atoms with Crippen LogP contribution in [0, 0.1) is 11.7 Å². The highest BCUT2D eigenvalue weighted by Gasteiger charge is 2.30. The SMILES string of the molecule is O=S(=O)(NC(c1cccnc1)C1CCOCC1)c1cccc(F)c1. The Morgan fingerprint density at radius 2 is 2.00 bits per heavy atom. The number of benzene rings is 1. The van der Waals surface area contributed by atoms with Gasteiger partial charge in [0.1, 0.15) is 5.82 Å². The van der Waals surface area contributed by atoms with Crippen molar-refractivity contribution in [1.82, 2.24) is 9.71 Å². The van der Waals surface area contributed by atoms with Crippen molar-refractivity contribution in [3.8, 4) is 0 Å². The largest absolute Gasteiger partial charge is 0.381 e. The fourth-order valence-electron chi connectivity index (χ4n) is 2.91. The van der Waals surface area contributed by atoms with Gasteiger partial charge >= 0.3 is 0 Å². The van der Waals surface area contributed by atoms with Gasteiger partial charge in [-0.2, -0.15) is 0 Å². The van der Waals surface area contributed by atoms with Crippen LogP contribution < -0.4 is 4.72 Å². The maximum absolute atomic E-state index is 13.4. The lowest BCUT2D eigenvalue weighted by Gasteiger charge is -2.31. The molecular weight excluding hydrogens is 331 g/mol. The Balaban J connectivity index is 1.91. The maximum Gasteiger partial charge on any atom is 0.241 e. The van der Waals surface area contributed by atoms with Gasteiger partial charge in [0.15, 0.2) is 0 Å². The minimum absolute atomic E-state index is 0.0801. The van der Waals surface area contributed by atoms with Gasteiger partial charge in [0, 0.05) is 25.6 Å². The number of hydrogen-bond acceptors (Lipinski definition) is 4. The number of nitrogens with one attached hydrogen (secondary N) is 1. The third kappa shape index (κ3) is 3.98. The standard InChI is InChI=1S/C17H19FN2O3S/c18-15-4-1-5-16(11-15)24(21,22)20-17(13-6-9-23-10-7-13)14-3-2-8-19-12-14/h1-5,8,11-13,17,20H,6-7,9-10H2. The zero-order valence-electron chi connectivity index (χ0n) is 13.1. The van der Waals surface area contributed by atoms with E-state index in [0.29, 0.717) is 13.2 Å². The van der Waals surface area contributed by atoms with E-state index in [2.05, 4.69) is 9.71 Å². The normalized spacial score (nSPS) is 17.5. The molecule has 0 bridgehead atoms. The minimum atomic E-state index is -3.84. The molecule has 1 aliphatic rings. The average Bonchev–Trinajstić information content (AvgIpc) is 2.61. The third-order valence-corrected chi connectivity index (χ3v) is 5.61. The number of aromatic nitrogens is 1. The number of rotatable bonds is 5. The number of pyridine rings is 1. The first kappa shape index (κ1) is 17.0. The van der Waals surface area contributed by atoms with Gasteiger partial charge in [-0.1, -0.05) is 12.1 Å². The molecule has 0 radical (unpaired) electrons. The van der Waals surface area contributed by atoms with Gasteiger partial charge in [-0.25, -0.2) is 17.5 Å². The predicted octanol–water partition coefficient (Wildman–Crippen LogP) is 2.67. The van der Waals surface area contributed by atoms with Crippen molar-refractivity contribution in [2.24, 2.45) is 5.92 Å². The topological polar surface area (TPSA) is 68.3 Å². The molecule has 5 nitrogen and oxygen atoms in total. The lowest BCUT2D eigenvalue weighted by Crippen LogP contribution is -2.36. The summed E-state index contributed by atoms with van der Waals surface area (Å²) in [4.78, 5) is 4.01. The molecule has 1 unspecified atom stereocenters. The Morgan fingerprint density at radius 1 is 1.21 bits per heavy atom. The Hall–Kier alpha value is -1.83. The first-order chi connectivity index (χ1) is 11.6. The molecule has 24 heavy (non-hydrogen) atoms. The van der Waals surface area contributed by atoms with Crippen molar-refractivity contribution in [3.63, 3.8) is 0 Å². The number of hydrogen-bond donors (Lipinski definition) is 1. The molecule has 1 fully saturated rings. The molecule has 1 aliphatic heterocycles.